The molecule has 1 aliphatic heterocycles. The van der Waals surface area contributed by atoms with Crippen LogP contribution in [-0.2, 0) is 16.6 Å². The second kappa shape index (κ2) is 7.37. The zero-order chi connectivity index (χ0) is 17.9. The number of amides is 1. The number of benzene rings is 1. The number of piperidine rings is 1. The molecule has 1 fully saturated rings. The van der Waals surface area contributed by atoms with E-state index in [-0.39, 0.29) is 16.8 Å². The summed E-state index contributed by atoms with van der Waals surface area (Å²) in [6.07, 6.45) is 7.58. The van der Waals surface area contributed by atoms with Gasteiger partial charge < -0.3 is 4.90 Å². The Hall–Kier alpha value is -2.19. The highest BCUT2D eigenvalue weighted by Crippen LogP contribution is 2.23. The smallest absolute Gasteiger partial charge is 0.254 e. The van der Waals surface area contributed by atoms with Crippen molar-refractivity contribution in [3.8, 4) is 0 Å². The van der Waals surface area contributed by atoms with Crippen molar-refractivity contribution in [1.29, 1.82) is 0 Å². The van der Waals surface area contributed by atoms with E-state index in [0.29, 0.717) is 5.56 Å². The number of hydrogen-bond donors (Lipinski definition) is 1. The quantitative estimate of drug-likeness (QED) is 0.874. The molecule has 0 spiro atoms. The molecule has 1 amide bonds. The lowest BCUT2D eigenvalue weighted by Crippen LogP contribution is -2.44. The van der Waals surface area contributed by atoms with Gasteiger partial charge in [0.25, 0.3) is 5.91 Å². The molecule has 25 heavy (non-hydrogen) atoms. The van der Waals surface area contributed by atoms with Crippen LogP contribution in [0.25, 0.3) is 0 Å². The summed E-state index contributed by atoms with van der Waals surface area (Å²) in [4.78, 5) is 14.8. The van der Waals surface area contributed by atoms with Crippen LogP contribution in [0.4, 0.5) is 0 Å². The van der Waals surface area contributed by atoms with Crippen LogP contribution < -0.4 is 5.14 Å². The average molecular weight is 362 g/mol. The summed E-state index contributed by atoms with van der Waals surface area (Å²) in [7, 11) is -3.75. The average Bonchev–Trinajstić information content (AvgIpc) is 3.12. The Morgan fingerprint density at radius 2 is 2.00 bits per heavy atom. The molecule has 0 unspecified atom stereocenters. The van der Waals surface area contributed by atoms with Gasteiger partial charge in [-0.15, -0.1) is 0 Å². The lowest BCUT2D eigenvalue weighted by atomic mass is 9.98. The van der Waals surface area contributed by atoms with Crippen LogP contribution in [0, 0.1) is 0 Å². The van der Waals surface area contributed by atoms with Gasteiger partial charge in [0.1, 0.15) is 0 Å². The van der Waals surface area contributed by atoms with Gasteiger partial charge in [0.15, 0.2) is 0 Å². The second-order valence-electron chi connectivity index (χ2n) is 6.28. The predicted molar refractivity (Wildman–Crippen MR) is 93.3 cm³/mol. The zero-order valence-corrected chi connectivity index (χ0v) is 14.7. The van der Waals surface area contributed by atoms with Crippen molar-refractivity contribution in [2.75, 3.05) is 6.54 Å². The third-order valence-corrected chi connectivity index (χ3v) is 5.50. The first kappa shape index (κ1) is 17.6. The first-order valence-electron chi connectivity index (χ1n) is 8.36. The lowest BCUT2D eigenvalue weighted by Gasteiger charge is -2.36. The van der Waals surface area contributed by atoms with Gasteiger partial charge in [0, 0.05) is 37.1 Å². The molecule has 1 aromatic heterocycles. The molecular weight excluding hydrogens is 340 g/mol. The fourth-order valence-electron chi connectivity index (χ4n) is 3.24. The molecule has 1 atom stereocenters. The number of rotatable bonds is 5. The first-order valence-corrected chi connectivity index (χ1v) is 9.91. The van der Waals surface area contributed by atoms with E-state index >= 15 is 0 Å². The summed E-state index contributed by atoms with van der Waals surface area (Å²) in [6.45, 7) is 1.49. The second-order valence-corrected chi connectivity index (χ2v) is 7.84. The van der Waals surface area contributed by atoms with Crippen molar-refractivity contribution in [2.24, 2.45) is 5.14 Å². The molecule has 0 saturated carbocycles. The molecule has 0 aliphatic carbocycles. The highest BCUT2D eigenvalue weighted by molar-refractivity contribution is 7.89. The standard InChI is InChI=1S/C17H22N4O3S/c18-25(23,24)16-7-5-14(6-8-16)17(22)21-12-2-1-4-15(21)9-13-20-11-3-10-19-20/h3,5-8,10-11,15H,1-2,4,9,12-13H2,(H2,18,23,24)/t15-/m0/s1. The molecule has 0 radical (unpaired) electrons. The number of hydrogen-bond acceptors (Lipinski definition) is 4. The minimum atomic E-state index is -3.75. The van der Waals surface area contributed by atoms with Gasteiger partial charge in [0.2, 0.25) is 10.0 Å². The number of carbonyl (C=O) groups is 1. The minimum absolute atomic E-state index is 0.0120. The van der Waals surface area contributed by atoms with Gasteiger partial charge >= 0.3 is 0 Å². The van der Waals surface area contributed by atoms with E-state index in [0.717, 1.165) is 38.8 Å². The zero-order valence-electron chi connectivity index (χ0n) is 13.9. The van der Waals surface area contributed by atoms with E-state index in [9.17, 15) is 13.2 Å². The molecule has 8 heteroatoms. The molecule has 7 nitrogen and oxygen atoms in total. The Labute approximate surface area is 147 Å². The SMILES string of the molecule is NS(=O)(=O)c1ccc(C(=O)N2CCCC[C@H]2CCn2cccn2)cc1. The summed E-state index contributed by atoms with van der Waals surface area (Å²) in [6, 6.07) is 7.87. The monoisotopic (exact) mass is 362 g/mol. The van der Waals surface area contributed by atoms with Crippen LogP contribution in [0.15, 0.2) is 47.6 Å². The van der Waals surface area contributed by atoms with E-state index in [2.05, 4.69) is 5.10 Å². The van der Waals surface area contributed by atoms with E-state index in [1.807, 2.05) is 21.8 Å². The van der Waals surface area contributed by atoms with Crippen molar-refractivity contribution in [1.82, 2.24) is 14.7 Å². The van der Waals surface area contributed by atoms with Gasteiger partial charge in [-0.2, -0.15) is 5.10 Å². The molecule has 1 saturated heterocycles. The molecular formula is C17H22N4O3S. The first-order chi connectivity index (χ1) is 11.9. The van der Waals surface area contributed by atoms with Crippen LogP contribution in [0.3, 0.4) is 0 Å². The molecule has 0 bridgehead atoms. The van der Waals surface area contributed by atoms with Crippen molar-refractivity contribution in [2.45, 2.75) is 43.2 Å². The van der Waals surface area contributed by atoms with E-state index in [1.165, 1.54) is 24.3 Å². The summed E-state index contributed by atoms with van der Waals surface area (Å²) in [5.41, 5.74) is 0.485. The number of aromatic nitrogens is 2. The van der Waals surface area contributed by atoms with Crippen LogP contribution in [0.2, 0.25) is 0 Å². The number of primary sulfonamides is 1. The summed E-state index contributed by atoms with van der Waals surface area (Å²) >= 11 is 0. The number of carbonyl (C=O) groups excluding carboxylic acids is 1. The number of likely N-dealkylation sites (tertiary alicyclic amines) is 1. The van der Waals surface area contributed by atoms with Crippen molar-refractivity contribution >= 4 is 15.9 Å². The number of sulfonamides is 1. The maximum Gasteiger partial charge on any atom is 0.254 e. The Morgan fingerprint density at radius 3 is 2.64 bits per heavy atom. The number of nitrogens with zero attached hydrogens (tertiary/aromatic N) is 3. The van der Waals surface area contributed by atoms with Crippen molar-refractivity contribution in [3.05, 3.63) is 48.3 Å². The third kappa shape index (κ3) is 4.26. The third-order valence-electron chi connectivity index (χ3n) is 4.57. The predicted octanol–water partition coefficient (Wildman–Crippen LogP) is 1.62. The maximum atomic E-state index is 12.9. The van der Waals surface area contributed by atoms with E-state index in [1.54, 1.807) is 6.20 Å². The molecule has 2 heterocycles. The largest absolute Gasteiger partial charge is 0.336 e. The highest BCUT2D eigenvalue weighted by Gasteiger charge is 2.27. The topological polar surface area (TPSA) is 98.3 Å². The molecule has 1 aromatic carbocycles. The van der Waals surface area contributed by atoms with Crippen LogP contribution in [0.5, 0.6) is 0 Å². The highest BCUT2D eigenvalue weighted by atomic mass is 32.2. The molecule has 2 aromatic rings. The molecule has 1 aliphatic rings. The van der Waals surface area contributed by atoms with Crippen LogP contribution in [0.1, 0.15) is 36.0 Å². The normalized spacial score (nSPS) is 18.3. The number of nitrogens with two attached hydrogens (primary N) is 1. The molecule has 3 rings (SSSR count). The summed E-state index contributed by atoms with van der Waals surface area (Å²) in [5.74, 6) is -0.0638. The fourth-order valence-corrected chi connectivity index (χ4v) is 3.75. The minimum Gasteiger partial charge on any atom is -0.336 e. The summed E-state index contributed by atoms with van der Waals surface area (Å²) < 4.78 is 24.6. The van der Waals surface area contributed by atoms with Gasteiger partial charge in [0.05, 0.1) is 4.90 Å². The maximum absolute atomic E-state index is 12.9. The van der Waals surface area contributed by atoms with E-state index in [4.69, 9.17) is 5.14 Å². The fraction of sp³-hybridized carbons (Fsp3) is 0.412. The van der Waals surface area contributed by atoms with Gasteiger partial charge in [-0.25, -0.2) is 13.6 Å². The molecule has 134 valence electrons. The molecule has 2 N–H and O–H groups in total. The Kier molecular flexibility index (Phi) is 5.19. The van der Waals surface area contributed by atoms with Gasteiger partial charge in [-0.1, -0.05) is 0 Å². The number of aryl methyl sites for hydroxylation is 1. The lowest BCUT2D eigenvalue weighted by molar-refractivity contribution is 0.0594. The summed E-state index contributed by atoms with van der Waals surface area (Å²) in [5, 5.41) is 9.31. The van der Waals surface area contributed by atoms with Crippen LogP contribution in [-0.4, -0.2) is 41.6 Å². The van der Waals surface area contributed by atoms with Gasteiger partial charge in [-0.05, 0) is 56.0 Å². The van der Waals surface area contributed by atoms with Crippen LogP contribution >= 0.6 is 0 Å². The van der Waals surface area contributed by atoms with E-state index < -0.39 is 10.0 Å². The van der Waals surface area contributed by atoms with Crippen molar-refractivity contribution in [3.63, 3.8) is 0 Å². The Morgan fingerprint density at radius 1 is 1.24 bits per heavy atom. The Balaban J connectivity index is 1.71. The Bertz CT molecular complexity index is 816. The van der Waals surface area contributed by atoms with Crippen molar-refractivity contribution < 1.29 is 13.2 Å². The van der Waals surface area contributed by atoms with Gasteiger partial charge in [-0.3, -0.25) is 9.48 Å².